The van der Waals surface area contributed by atoms with Gasteiger partial charge in [0.15, 0.2) is 5.96 Å². The minimum Gasteiger partial charge on any atom is -0.357 e. The van der Waals surface area contributed by atoms with E-state index in [2.05, 4.69) is 50.2 Å². The van der Waals surface area contributed by atoms with Crippen molar-refractivity contribution < 1.29 is 8.42 Å². The summed E-state index contributed by atoms with van der Waals surface area (Å²) in [5.74, 6) is 1.14. The molecule has 0 spiro atoms. The second-order valence-electron chi connectivity index (χ2n) is 8.14. The van der Waals surface area contributed by atoms with Gasteiger partial charge in [-0.1, -0.05) is 20.8 Å². The summed E-state index contributed by atoms with van der Waals surface area (Å²) in [6, 6.07) is 0.359. The third-order valence-electron chi connectivity index (χ3n) is 4.28. The first-order valence-corrected chi connectivity index (χ1v) is 10.9. The van der Waals surface area contributed by atoms with Crippen LogP contribution in [0.15, 0.2) is 4.99 Å². The molecule has 2 unspecified atom stereocenters. The van der Waals surface area contributed by atoms with Crippen LogP contribution in [0.2, 0.25) is 0 Å². The maximum absolute atomic E-state index is 11.6. The summed E-state index contributed by atoms with van der Waals surface area (Å²) in [6.45, 7) is 13.7. The quantitative estimate of drug-likeness (QED) is 0.538. The lowest BCUT2D eigenvalue weighted by Gasteiger charge is -2.23. The largest absolute Gasteiger partial charge is 0.357 e. The second-order valence-corrected chi connectivity index (χ2v) is 10.1. The van der Waals surface area contributed by atoms with Crippen LogP contribution in [0.25, 0.3) is 0 Å². The molecule has 0 saturated carbocycles. The molecule has 1 heterocycles. The van der Waals surface area contributed by atoms with E-state index in [1.165, 1.54) is 6.26 Å². The molecule has 1 aliphatic heterocycles. The van der Waals surface area contributed by atoms with Crippen molar-refractivity contribution in [3.8, 4) is 0 Å². The monoisotopic (exact) mass is 360 g/mol. The van der Waals surface area contributed by atoms with E-state index < -0.39 is 10.0 Å². The molecule has 7 heteroatoms. The Morgan fingerprint density at radius 3 is 2.54 bits per heavy atom. The van der Waals surface area contributed by atoms with Crippen molar-refractivity contribution >= 4 is 16.0 Å². The number of nitrogens with zero attached hydrogens (tertiary/aromatic N) is 2. The molecule has 1 fully saturated rings. The predicted octanol–water partition coefficient (Wildman–Crippen LogP) is 2.04. The van der Waals surface area contributed by atoms with Crippen LogP contribution in [-0.4, -0.2) is 57.2 Å². The van der Waals surface area contributed by atoms with Gasteiger partial charge in [-0.3, -0.25) is 4.99 Å². The Morgan fingerprint density at radius 2 is 2.04 bits per heavy atom. The second kappa shape index (κ2) is 9.04. The van der Waals surface area contributed by atoms with Crippen molar-refractivity contribution in [3.63, 3.8) is 0 Å². The average molecular weight is 361 g/mol. The van der Waals surface area contributed by atoms with Crippen LogP contribution in [0.4, 0.5) is 0 Å². The third-order valence-corrected chi connectivity index (χ3v) is 5.55. The van der Waals surface area contributed by atoms with Crippen LogP contribution in [-0.2, 0) is 10.0 Å². The number of hydrogen-bond acceptors (Lipinski definition) is 3. The number of nitrogens with one attached hydrogen (secondary N) is 2. The van der Waals surface area contributed by atoms with E-state index in [-0.39, 0.29) is 0 Å². The summed E-state index contributed by atoms with van der Waals surface area (Å²) in [5, 5.41) is 6.75. The van der Waals surface area contributed by atoms with Crippen molar-refractivity contribution in [2.45, 2.75) is 59.9 Å². The predicted molar refractivity (Wildman–Crippen MR) is 102 cm³/mol. The molecule has 1 aliphatic rings. The molecule has 0 aromatic rings. The Kier molecular flexibility index (Phi) is 7.99. The number of rotatable bonds is 7. The van der Waals surface area contributed by atoms with Crippen molar-refractivity contribution in [2.24, 2.45) is 16.3 Å². The third kappa shape index (κ3) is 8.33. The number of guanidine groups is 1. The summed E-state index contributed by atoms with van der Waals surface area (Å²) in [5.41, 5.74) is 0.338. The van der Waals surface area contributed by atoms with Gasteiger partial charge in [0.25, 0.3) is 0 Å². The smallest absolute Gasteiger partial charge is 0.211 e. The van der Waals surface area contributed by atoms with E-state index in [1.54, 1.807) is 4.31 Å². The Labute approximate surface area is 148 Å². The van der Waals surface area contributed by atoms with E-state index in [4.69, 9.17) is 0 Å². The molecule has 24 heavy (non-hydrogen) atoms. The molecule has 0 amide bonds. The van der Waals surface area contributed by atoms with E-state index in [0.29, 0.717) is 37.0 Å². The van der Waals surface area contributed by atoms with E-state index >= 15 is 0 Å². The lowest BCUT2D eigenvalue weighted by atomic mass is 9.89. The number of aliphatic imine (C=N–C) groups is 1. The van der Waals surface area contributed by atoms with Crippen LogP contribution in [0.3, 0.4) is 0 Å². The standard InChI is InChI=1S/C17H36N4O2S/c1-7-18-16(20-14(2)8-10-17(3,4)5)19-12-15-9-11-21(13-15)24(6,22)23/h14-15H,7-13H2,1-6H3,(H2,18,19,20). The summed E-state index contributed by atoms with van der Waals surface area (Å²) < 4.78 is 24.7. The fourth-order valence-corrected chi connectivity index (χ4v) is 3.66. The van der Waals surface area contributed by atoms with Crippen LogP contribution >= 0.6 is 0 Å². The van der Waals surface area contributed by atoms with Gasteiger partial charge in [-0.15, -0.1) is 0 Å². The topological polar surface area (TPSA) is 73.8 Å². The average Bonchev–Trinajstić information content (AvgIpc) is 2.91. The Morgan fingerprint density at radius 1 is 1.38 bits per heavy atom. The Balaban J connectivity index is 2.51. The highest BCUT2D eigenvalue weighted by molar-refractivity contribution is 7.88. The highest BCUT2D eigenvalue weighted by atomic mass is 32.2. The van der Waals surface area contributed by atoms with Gasteiger partial charge in [0, 0.05) is 32.2 Å². The van der Waals surface area contributed by atoms with E-state index in [9.17, 15) is 8.42 Å². The lowest BCUT2D eigenvalue weighted by molar-refractivity contribution is 0.346. The SMILES string of the molecule is CCNC(=NCC1CCN(S(C)(=O)=O)C1)NC(C)CCC(C)(C)C. The minimum absolute atomic E-state index is 0.306. The van der Waals surface area contributed by atoms with Crippen molar-refractivity contribution in [3.05, 3.63) is 0 Å². The van der Waals surface area contributed by atoms with Crippen molar-refractivity contribution in [2.75, 3.05) is 32.4 Å². The summed E-state index contributed by atoms with van der Waals surface area (Å²) >= 11 is 0. The van der Waals surface area contributed by atoms with Gasteiger partial charge in [-0.25, -0.2) is 12.7 Å². The highest BCUT2D eigenvalue weighted by Crippen LogP contribution is 2.21. The fourth-order valence-electron chi connectivity index (χ4n) is 2.74. The number of hydrogen-bond donors (Lipinski definition) is 2. The highest BCUT2D eigenvalue weighted by Gasteiger charge is 2.28. The Hall–Kier alpha value is -0.820. The maximum atomic E-state index is 11.6. The Bertz CT molecular complexity index is 511. The summed E-state index contributed by atoms with van der Waals surface area (Å²) in [4.78, 5) is 4.67. The maximum Gasteiger partial charge on any atom is 0.211 e. The van der Waals surface area contributed by atoms with Crippen molar-refractivity contribution in [1.82, 2.24) is 14.9 Å². The van der Waals surface area contributed by atoms with Gasteiger partial charge in [0.05, 0.1) is 6.26 Å². The van der Waals surface area contributed by atoms with Gasteiger partial charge < -0.3 is 10.6 Å². The molecular formula is C17H36N4O2S. The summed E-state index contributed by atoms with van der Waals surface area (Å²) in [7, 11) is -3.07. The molecule has 142 valence electrons. The first kappa shape index (κ1) is 21.2. The molecule has 1 rings (SSSR count). The zero-order valence-corrected chi connectivity index (χ0v) is 17.0. The van der Waals surface area contributed by atoms with Crippen molar-refractivity contribution in [1.29, 1.82) is 0 Å². The molecule has 6 nitrogen and oxygen atoms in total. The molecule has 1 saturated heterocycles. The van der Waals surface area contributed by atoms with Crippen LogP contribution in [0.5, 0.6) is 0 Å². The first-order valence-electron chi connectivity index (χ1n) is 9.01. The molecule has 2 N–H and O–H groups in total. The molecule has 0 aliphatic carbocycles. The van der Waals surface area contributed by atoms with Crippen LogP contribution in [0, 0.1) is 11.3 Å². The molecule has 0 aromatic carbocycles. The fraction of sp³-hybridized carbons (Fsp3) is 0.941. The van der Waals surface area contributed by atoms with Crippen LogP contribution in [0.1, 0.15) is 53.9 Å². The minimum atomic E-state index is -3.07. The molecule has 0 bridgehead atoms. The molecule has 0 aromatic heterocycles. The molecular weight excluding hydrogens is 324 g/mol. The summed E-state index contributed by atoms with van der Waals surface area (Å²) in [6.07, 6.45) is 4.42. The van der Waals surface area contributed by atoms with Gasteiger partial charge in [0.1, 0.15) is 0 Å². The lowest BCUT2D eigenvalue weighted by Crippen LogP contribution is -2.42. The van der Waals surface area contributed by atoms with E-state index in [0.717, 1.165) is 31.8 Å². The van der Waals surface area contributed by atoms with Gasteiger partial charge in [0.2, 0.25) is 10.0 Å². The molecule has 0 radical (unpaired) electrons. The van der Waals surface area contributed by atoms with Gasteiger partial charge in [-0.2, -0.15) is 0 Å². The zero-order chi connectivity index (χ0) is 18.4. The first-order chi connectivity index (χ1) is 11.0. The molecule has 2 atom stereocenters. The number of sulfonamides is 1. The van der Waals surface area contributed by atoms with Gasteiger partial charge >= 0.3 is 0 Å². The van der Waals surface area contributed by atoms with E-state index in [1.807, 2.05) is 0 Å². The van der Waals surface area contributed by atoms with Gasteiger partial charge in [-0.05, 0) is 44.4 Å². The zero-order valence-electron chi connectivity index (χ0n) is 16.2. The normalized spacial score (nSPS) is 21.8. The van der Waals surface area contributed by atoms with Crippen LogP contribution < -0.4 is 10.6 Å².